The lowest BCUT2D eigenvalue weighted by Crippen LogP contribution is -1.91. The van der Waals surface area contributed by atoms with Gasteiger partial charge in [0.1, 0.15) is 17.5 Å². The van der Waals surface area contributed by atoms with Crippen LogP contribution in [0.5, 0.6) is 0 Å². The molecule has 0 unspecified atom stereocenters. The number of fused-ring (bicyclic) bond motifs is 1. The Hall–Kier alpha value is -2.22. The van der Waals surface area contributed by atoms with Gasteiger partial charge >= 0.3 is 0 Å². The van der Waals surface area contributed by atoms with Gasteiger partial charge in [-0.3, -0.25) is 4.79 Å². The van der Waals surface area contributed by atoms with Crippen LogP contribution in [0.25, 0.3) is 5.65 Å². The Morgan fingerprint density at radius 2 is 2.46 bits per heavy atom. The van der Waals surface area contributed by atoms with Crippen molar-refractivity contribution in [1.82, 2.24) is 14.6 Å². The second-order valence-corrected chi connectivity index (χ2v) is 2.41. The smallest absolute Gasteiger partial charge is 0.170 e. The minimum absolute atomic E-state index is 0.308. The standard InChI is InChI=1S/C8H4N4O/c9-4-6-1-2-12-8(10-6)3-7(5-13)11-12/h1-3,5H. The van der Waals surface area contributed by atoms with Gasteiger partial charge in [0.05, 0.1) is 0 Å². The summed E-state index contributed by atoms with van der Waals surface area (Å²) in [6, 6.07) is 4.96. The molecule has 2 aromatic heterocycles. The van der Waals surface area contributed by atoms with Crippen molar-refractivity contribution in [2.75, 3.05) is 0 Å². The second-order valence-electron chi connectivity index (χ2n) is 2.41. The number of aldehydes is 1. The highest BCUT2D eigenvalue weighted by atomic mass is 16.1. The maximum Gasteiger partial charge on any atom is 0.170 e. The van der Waals surface area contributed by atoms with E-state index in [1.807, 2.05) is 6.07 Å². The summed E-state index contributed by atoms with van der Waals surface area (Å²) in [6.45, 7) is 0. The largest absolute Gasteiger partial charge is 0.296 e. The quantitative estimate of drug-likeness (QED) is 0.584. The van der Waals surface area contributed by atoms with E-state index in [0.29, 0.717) is 23.3 Å². The van der Waals surface area contributed by atoms with Gasteiger partial charge in [-0.05, 0) is 6.07 Å². The molecule has 0 bridgehead atoms. The molecule has 0 spiro atoms. The van der Waals surface area contributed by atoms with Crippen molar-refractivity contribution in [3.63, 3.8) is 0 Å². The third-order valence-corrected chi connectivity index (χ3v) is 1.58. The summed E-state index contributed by atoms with van der Waals surface area (Å²) < 4.78 is 1.45. The fourth-order valence-corrected chi connectivity index (χ4v) is 1.02. The lowest BCUT2D eigenvalue weighted by atomic mass is 10.4. The van der Waals surface area contributed by atoms with Crippen LogP contribution in [-0.2, 0) is 0 Å². The maximum absolute atomic E-state index is 10.4. The van der Waals surface area contributed by atoms with Gasteiger partial charge in [-0.2, -0.15) is 10.4 Å². The first-order chi connectivity index (χ1) is 6.33. The van der Waals surface area contributed by atoms with E-state index in [9.17, 15) is 4.79 Å². The first-order valence-corrected chi connectivity index (χ1v) is 3.55. The monoisotopic (exact) mass is 172 g/mol. The van der Waals surface area contributed by atoms with Crippen LogP contribution in [-0.4, -0.2) is 20.9 Å². The molecule has 0 aromatic carbocycles. The van der Waals surface area contributed by atoms with E-state index in [2.05, 4.69) is 10.1 Å². The van der Waals surface area contributed by atoms with Gasteiger partial charge in [-0.25, -0.2) is 9.50 Å². The number of carbonyl (C=O) groups is 1. The summed E-state index contributed by atoms with van der Waals surface area (Å²) in [5.74, 6) is 0. The molecule has 2 heterocycles. The van der Waals surface area contributed by atoms with Crippen LogP contribution in [0.4, 0.5) is 0 Å². The first kappa shape index (κ1) is 7.43. The summed E-state index contributed by atoms with van der Waals surface area (Å²) in [7, 11) is 0. The first-order valence-electron chi connectivity index (χ1n) is 3.55. The maximum atomic E-state index is 10.4. The van der Waals surface area contributed by atoms with E-state index in [-0.39, 0.29) is 0 Å². The zero-order chi connectivity index (χ0) is 9.26. The predicted octanol–water partition coefficient (Wildman–Crippen LogP) is 0.413. The van der Waals surface area contributed by atoms with Crippen molar-refractivity contribution in [3.8, 4) is 6.07 Å². The molecule has 0 aliphatic carbocycles. The molecule has 0 amide bonds. The molecule has 0 fully saturated rings. The van der Waals surface area contributed by atoms with E-state index in [4.69, 9.17) is 5.26 Å². The van der Waals surface area contributed by atoms with Crippen LogP contribution < -0.4 is 0 Å². The molecule has 2 aromatic rings. The molecule has 62 valence electrons. The summed E-state index contributed by atoms with van der Waals surface area (Å²) in [6.07, 6.45) is 2.23. The van der Waals surface area contributed by atoms with Gasteiger partial charge in [0.2, 0.25) is 0 Å². The Morgan fingerprint density at radius 1 is 1.62 bits per heavy atom. The third kappa shape index (κ3) is 1.14. The van der Waals surface area contributed by atoms with Gasteiger partial charge in [0.15, 0.2) is 11.9 Å². The Balaban J connectivity index is 2.72. The van der Waals surface area contributed by atoms with Crippen molar-refractivity contribution < 1.29 is 4.79 Å². The number of hydrogen-bond acceptors (Lipinski definition) is 4. The highest BCUT2D eigenvalue weighted by molar-refractivity contribution is 5.74. The van der Waals surface area contributed by atoms with Crippen molar-refractivity contribution in [2.45, 2.75) is 0 Å². The molecule has 0 N–H and O–H groups in total. The average Bonchev–Trinajstić information content (AvgIpc) is 2.58. The van der Waals surface area contributed by atoms with Gasteiger partial charge in [0.25, 0.3) is 0 Å². The van der Waals surface area contributed by atoms with Crippen molar-refractivity contribution >= 4 is 11.9 Å². The number of nitriles is 1. The Labute approximate surface area is 73.2 Å². The third-order valence-electron chi connectivity index (χ3n) is 1.58. The predicted molar refractivity (Wildman–Crippen MR) is 43.1 cm³/mol. The number of aromatic nitrogens is 3. The fourth-order valence-electron chi connectivity index (χ4n) is 1.02. The average molecular weight is 172 g/mol. The van der Waals surface area contributed by atoms with Crippen LogP contribution in [0.1, 0.15) is 16.2 Å². The molecule has 13 heavy (non-hydrogen) atoms. The topological polar surface area (TPSA) is 71.1 Å². The van der Waals surface area contributed by atoms with Crippen LogP contribution in [0.3, 0.4) is 0 Å². The molecular formula is C8H4N4O. The van der Waals surface area contributed by atoms with Gasteiger partial charge in [-0.1, -0.05) is 0 Å². The van der Waals surface area contributed by atoms with Crippen LogP contribution in [0.15, 0.2) is 18.3 Å². The van der Waals surface area contributed by atoms with E-state index in [1.165, 1.54) is 16.6 Å². The normalized spacial score (nSPS) is 9.77. The van der Waals surface area contributed by atoms with E-state index in [0.717, 1.165) is 0 Å². The molecular weight excluding hydrogens is 168 g/mol. The molecule has 0 aliphatic heterocycles. The number of nitrogens with zero attached hydrogens (tertiary/aromatic N) is 4. The lowest BCUT2D eigenvalue weighted by molar-refractivity contribution is 0.111. The Bertz CT molecular complexity index is 508. The minimum Gasteiger partial charge on any atom is -0.296 e. The minimum atomic E-state index is 0.308. The molecule has 0 saturated heterocycles. The highest BCUT2D eigenvalue weighted by Gasteiger charge is 2.01. The zero-order valence-electron chi connectivity index (χ0n) is 6.51. The van der Waals surface area contributed by atoms with Crippen LogP contribution >= 0.6 is 0 Å². The SMILES string of the molecule is N#Cc1ccn2nc(C=O)cc2n1. The van der Waals surface area contributed by atoms with E-state index < -0.39 is 0 Å². The Kier molecular flexibility index (Phi) is 1.53. The number of rotatable bonds is 1. The number of hydrogen-bond donors (Lipinski definition) is 0. The van der Waals surface area contributed by atoms with E-state index in [1.54, 1.807) is 6.20 Å². The van der Waals surface area contributed by atoms with Gasteiger partial charge in [0, 0.05) is 12.3 Å². The number of carbonyl (C=O) groups excluding carboxylic acids is 1. The molecule has 5 heteroatoms. The molecule has 0 atom stereocenters. The molecule has 0 saturated carbocycles. The van der Waals surface area contributed by atoms with Crippen LogP contribution in [0.2, 0.25) is 0 Å². The van der Waals surface area contributed by atoms with Crippen molar-refractivity contribution in [2.24, 2.45) is 0 Å². The highest BCUT2D eigenvalue weighted by Crippen LogP contribution is 2.02. The molecule has 0 aliphatic rings. The lowest BCUT2D eigenvalue weighted by Gasteiger charge is -1.89. The fraction of sp³-hybridized carbons (Fsp3) is 0. The second kappa shape index (κ2) is 2.68. The van der Waals surface area contributed by atoms with Crippen molar-refractivity contribution in [3.05, 3.63) is 29.7 Å². The molecule has 2 rings (SSSR count). The summed E-state index contributed by atoms with van der Waals surface area (Å²) in [5.41, 5.74) is 1.12. The zero-order valence-corrected chi connectivity index (χ0v) is 6.51. The summed E-state index contributed by atoms with van der Waals surface area (Å²) in [5, 5.41) is 12.4. The Morgan fingerprint density at radius 3 is 3.15 bits per heavy atom. The molecule has 5 nitrogen and oxygen atoms in total. The van der Waals surface area contributed by atoms with Crippen LogP contribution in [0, 0.1) is 11.3 Å². The van der Waals surface area contributed by atoms with Gasteiger partial charge < -0.3 is 0 Å². The van der Waals surface area contributed by atoms with Crippen molar-refractivity contribution in [1.29, 1.82) is 5.26 Å². The molecule has 0 radical (unpaired) electrons. The van der Waals surface area contributed by atoms with Gasteiger partial charge in [-0.15, -0.1) is 0 Å². The summed E-state index contributed by atoms with van der Waals surface area (Å²) >= 11 is 0. The van der Waals surface area contributed by atoms with E-state index >= 15 is 0 Å². The summed E-state index contributed by atoms with van der Waals surface area (Å²) in [4.78, 5) is 14.3.